The predicted molar refractivity (Wildman–Crippen MR) is 112 cm³/mol. The number of anilines is 1. The first-order chi connectivity index (χ1) is 14.0. The van der Waals surface area contributed by atoms with E-state index in [1.807, 2.05) is 48.5 Å². The molecule has 3 N–H and O–H groups in total. The molecule has 2 heterocycles. The van der Waals surface area contributed by atoms with Gasteiger partial charge in [-0.25, -0.2) is 4.98 Å². The van der Waals surface area contributed by atoms with Gasteiger partial charge in [-0.1, -0.05) is 59.6 Å². The molecule has 0 unspecified atom stereocenters. The number of aromatic nitrogens is 2. The molecule has 0 saturated carbocycles. The monoisotopic (exact) mass is 433 g/mol. The number of hydrogen-bond acceptors (Lipinski definition) is 5. The van der Waals surface area contributed by atoms with Crippen LogP contribution in [0.2, 0.25) is 10.3 Å². The van der Waals surface area contributed by atoms with E-state index in [1.165, 1.54) is 0 Å². The third-order valence-corrected chi connectivity index (χ3v) is 5.70. The highest BCUT2D eigenvalue weighted by Gasteiger charge is 2.32. The molecule has 2 aromatic carbocycles. The van der Waals surface area contributed by atoms with Crippen LogP contribution < -0.4 is 5.73 Å². The van der Waals surface area contributed by atoms with E-state index >= 15 is 0 Å². The van der Waals surface area contributed by atoms with Crippen molar-refractivity contribution in [2.24, 2.45) is 0 Å². The lowest BCUT2D eigenvalue weighted by molar-refractivity contribution is -0.252. The molecule has 0 bridgehead atoms. The summed E-state index contributed by atoms with van der Waals surface area (Å²) in [4.78, 5) is 4.04. The maximum absolute atomic E-state index is 9.29. The van der Waals surface area contributed by atoms with E-state index in [9.17, 15) is 5.11 Å². The average Bonchev–Trinajstić information content (AvgIpc) is 3.06. The molecule has 0 amide bonds. The minimum atomic E-state index is -0.572. The van der Waals surface area contributed by atoms with Crippen LogP contribution in [0.3, 0.4) is 0 Å². The lowest BCUT2D eigenvalue weighted by Crippen LogP contribution is -2.32. The molecule has 0 aliphatic carbocycles. The van der Waals surface area contributed by atoms with Gasteiger partial charge in [0.1, 0.15) is 5.15 Å². The third kappa shape index (κ3) is 4.57. The molecule has 6 nitrogen and oxygen atoms in total. The lowest BCUT2D eigenvalue weighted by Gasteiger charge is -2.36. The zero-order chi connectivity index (χ0) is 20.4. The number of nitrogen functional groups attached to an aromatic ring is 1. The topological polar surface area (TPSA) is 82.5 Å². The van der Waals surface area contributed by atoms with Crippen LogP contribution in [0, 0.1) is 0 Å². The molecule has 152 valence electrons. The number of hydrogen-bond donors (Lipinski definition) is 2. The number of aliphatic hydroxyl groups excluding tert-OH is 1. The highest BCUT2D eigenvalue weighted by molar-refractivity contribution is 6.40. The van der Waals surface area contributed by atoms with E-state index in [0.717, 1.165) is 16.7 Å². The maximum Gasteiger partial charge on any atom is 0.185 e. The van der Waals surface area contributed by atoms with Crippen molar-refractivity contribution in [1.82, 2.24) is 9.55 Å². The Morgan fingerprint density at radius 1 is 1.10 bits per heavy atom. The summed E-state index contributed by atoms with van der Waals surface area (Å²) in [6, 6.07) is 15.2. The molecule has 1 saturated heterocycles. The number of imidazole rings is 1. The zero-order valence-corrected chi connectivity index (χ0v) is 17.1. The first-order valence-electron chi connectivity index (χ1n) is 9.25. The fourth-order valence-electron chi connectivity index (χ4n) is 3.43. The summed E-state index contributed by atoms with van der Waals surface area (Å²) in [5.41, 5.74) is 9.30. The van der Waals surface area contributed by atoms with Crippen molar-refractivity contribution in [3.8, 4) is 0 Å². The molecule has 4 rings (SSSR count). The first-order valence-corrected chi connectivity index (χ1v) is 10.0. The molecular formula is C21H21Cl2N3O3. The van der Waals surface area contributed by atoms with Crippen LogP contribution in [0.1, 0.15) is 35.5 Å². The van der Waals surface area contributed by atoms with Crippen LogP contribution in [0.4, 0.5) is 5.69 Å². The number of nitrogens with zero attached hydrogens (tertiary/aromatic N) is 2. The molecule has 1 aliphatic rings. The SMILES string of the molecule is Nc1cccc([C@@H]2O[C@H](Cn3cnc(Cl)c3Cl)C[C@H](c3ccc(CO)cc3)O2)c1. The molecule has 3 aromatic rings. The largest absolute Gasteiger partial charge is 0.399 e. The Morgan fingerprint density at radius 2 is 1.90 bits per heavy atom. The van der Waals surface area contributed by atoms with E-state index in [4.69, 9.17) is 38.4 Å². The fourth-order valence-corrected chi connectivity index (χ4v) is 3.74. The highest BCUT2D eigenvalue weighted by atomic mass is 35.5. The molecule has 1 aliphatic heterocycles. The second-order valence-corrected chi connectivity index (χ2v) is 7.71. The van der Waals surface area contributed by atoms with Gasteiger partial charge in [-0.3, -0.25) is 0 Å². The highest BCUT2D eigenvalue weighted by Crippen LogP contribution is 2.39. The summed E-state index contributed by atoms with van der Waals surface area (Å²) in [5.74, 6) is 0. The van der Waals surface area contributed by atoms with Crippen LogP contribution in [0.5, 0.6) is 0 Å². The average molecular weight is 434 g/mol. The van der Waals surface area contributed by atoms with Gasteiger partial charge in [0.15, 0.2) is 11.4 Å². The Balaban J connectivity index is 1.61. The van der Waals surface area contributed by atoms with E-state index in [-0.39, 0.29) is 24.0 Å². The number of benzene rings is 2. The number of rotatable bonds is 5. The standard InChI is InChI=1S/C21H21Cl2N3O3/c22-19-20(23)26(12-25-19)10-17-9-18(14-6-4-13(11-27)5-7-14)29-21(28-17)15-2-1-3-16(24)8-15/h1-8,12,17-18,21,27H,9-11,24H2/t17-,18+,21+/m0/s1. The van der Waals surface area contributed by atoms with Crippen LogP contribution >= 0.6 is 23.2 Å². The predicted octanol–water partition coefficient (Wildman–Crippen LogP) is 4.51. The molecule has 1 fully saturated rings. The summed E-state index contributed by atoms with van der Waals surface area (Å²) in [7, 11) is 0. The van der Waals surface area contributed by atoms with Crippen LogP contribution in [-0.2, 0) is 22.6 Å². The Morgan fingerprint density at radius 3 is 2.55 bits per heavy atom. The minimum Gasteiger partial charge on any atom is -0.399 e. The molecule has 0 spiro atoms. The Kier molecular flexibility index (Phi) is 6.08. The van der Waals surface area contributed by atoms with Gasteiger partial charge in [0.2, 0.25) is 0 Å². The quantitative estimate of drug-likeness (QED) is 0.578. The Labute approximate surface area is 178 Å². The third-order valence-electron chi connectivity index (χ3n) is 4.93. The van der Waals surface area contributed by atoms with Gasteiger partial charge in [-0.05, 0) is 23.3 Å². The van der Waals surface area contributed by atoms with Gasteiger partial charge in [0.25, 0.3) is 0 Å². The van der Waals surface area contributed by atoms with Crippen LogP contribution in [0.25, 0.3) is 0 Å². The van der Waals surface area contributed by atoms with Gasteiger partial charge in [-0.15, -0.1) is 0 Å². The molecule has 29 heavy (non-hydrogen) atoms. The van der Waals surface area contributed by atoms with E-state index in [0.29, 0.717) is 23.8 Å². The molecular weight excluding hydrogens is 413 g/mol. The summed E-state index contributed by atoms with van der Waals surface area (Å²) >= 11 is 12.2. The summed E-state index contributed by atoms with van der Waals surface area (Å²) < 4.78 is 14.3. The van der Waals surface area contributed by atoms with Crippen molar-refractivity contribution >= 4 is 28.9 Å². The lowest BCUT2D eigenvalue weighted by atomic mass is 10.00. The number of nitrogens with two attached hydrogens (primary N) is 1. The maximum atomic E-state index is 9.29. The van der Waals surface area contributed by atoms with E-state index < -0.39 is 6.29 Å². The minimum absolute atomic E-state index is 0.00332. The Hall–Kier alpha value is -2.09. The van der Waals surface area contributed by atoms with Crippen molar-refractivity contribution in [3.05, 3.63) is 81.9 Å². The summed E-state index contributed by atoms with van der Waals surface area (Å²) in [6.07, 6.45) is 1.29. The van der Waals surface area contributed by atoms with Gasteiger partial charge in [0.05, 0.1) is 31.7 Å². The van der Waals surface area contributed by atoms with Gasteiger partial charge in [-0.2, -0.15) is 0 Å². The van der Waals surface area contributed by atoms with Gasteiger partial charge < -0.3 is 24.9 Å². The van der Waals surface area contributed by atoms with Crippen LogP contribution in [-0.4, -0.2) is 20.8 Å². The number of halogens is 2. The van der Waals surface area contributed by atoms with Crippen molar-refractivity contribution < 1.29 is 14.6 Å². The smallest absolute Gasteiger partial charge is 0.185 e. The summed E-state index contributed by atoms with van der Waals surface area (Å²) in [5, 5.41) is 9.94. The van der Waals surface area contributed by atoms with Crippen molar-refractivity contribution in [2.75, 3.05) is 5.73 Å². The Bertz CT molecular complexity index is 978. The number of aliphatic hydroxyl groups is 1. The van der Waals surface area contributed by atoms with Gasteiger partial charge >= 0.3 is 0 Å². The normalized spacial score (nSPS) is 22.0. The van der Waals surface area contributed by atoms with Gasteiger partial charge in [0, 0.05) is 17.7 Å². The fraction of sp³-hybridized carbons (Fsp3) is 0.286. The van der Waals surface area contributed by atoms with Crippen molar-refractivity contribution in [2.45, 2.75) is 38.1 Å². The van der Waals surface area contributed by atoms with Crippen LogP contribution in [0.15, 0.2) is 54.9 Å². The van der Waals surface area contributed by atoms with Crippen molar-refractivity contribution in [3.63, 3.8) is 0 Å². The summed E-state index contributed by atoms with van der Waals surface area (Å²) in [6.45, 7) is 0.495. The molecule has 8 heteroatoms. The number of ether oxygens (including phenoxy) is 2. The van der Waals surface area contributed by atoms with Crippen molar-refractivity contribution in [1.29, 1.82) is 0 Å². The zero-order valence-electron chi connectivity index (χ0n) is 15.5. The molecule has 1 aromatic heterocycles. The van der Waals surface area contributed by atoms with E-state index in [1.54, 1.807) is 10.9 Å². The molecule has 3 atom stereocenters. The second-order valence-electron chi connectivity index (χ2n) is 7.00. The molecule has 0 radical (unpaired) electrons. The second kappa shape index (κ2) is 8.73. The first kappa shape index (κ1) is 20.2. The van der Waals surface area contributed by atoms with E-state index in [2.05, 4.69) is 4.98 Å².